The van der Waals surface area contributed by atoms with E-state index in [1.54, 1.807) is 13.2 Å². The fourth-order valence-corrected chi connectivity index (χ4v) is 4.55. The van der Waals surface area contributed by atoms with E-state index in [9.17, 15) is 13.2 Å². The predicted octanol–water partition coefficient (Wildman–Crippen LogP) is 1.06. The maximum absolute atomic E-state index is 12.3. The Balaban J connectivity index is 1.52. The van der Waals surface area contributed by atoms with Crippen LogP contribution >= 0.6 is 0 Å². The van der Waals surface area contributed by atoms with Gasteiger partial charge in [-0.15, -0.1) is 0 Å². The average Bonchev–Trinajstić information content (AvgIpc) is 3.01. The molecule has 2 N–H and O–H groups in total. The number of nitrogens with one attached hydrogen (secondary N) is 2. The Bertz CT molecular complexity index is 900. The number of carbonyl (C=O) groups is 1. The number of methoxy groups -OCH3 is 1. The third-order valence-corrected chi connectivity index (χ3v) is 6.11. The molecule has 2 aromatic rings. The van der Waals surface area contributed by atoms with Gasteiger partial charge in [0.25, 0.3) is 5.91 Å². The summed E-state index contributed by atoms with van der Waals surface area (Å²) < 4.78 is 28.1. The zero-order valence-electron chi connectivity index (χ0n) is 15.0. The van der Waals surface area contributed by atoms with Gasteiger partial charge in [-0.05, 0) is 30.5 Å². The number of hydrogen-bond acceptors (Lipinski definition) is 7. The Kier molecular flexibility index (Phi) is 5.90. The molecule has 144 valence electrons. The third kappa shape index (κ3) is 5.40. The summed E-state index contributed by atoms with van der Waals surface area (Å²) in [5.41, 5.74) is 1.36. The van der Waals surface area contributed by atoms with Crippen molar-refractivity contribution in [1.82, 2.24) is 15.3 Å². The van der Waals surface area contributed by atoms with Crippen LogP contribution in [-0.4, -0.2) is 55.5 Å². The number of anilines is 1. The molecule has 27 heavy (non-hydrogen) atoms. The Hall–Kier alpha value is -2.68. The van der Waals surface area contributed by atoms with E-state index < -0.39 is 15.7 Å². The minimum absolute atomic E-state index is 0.0171. The van der Waals surface area contributed by atoms with E-state index in [0.717, 1.165) is 17.7 Å². The van der Waals surface area contributed by atoms with Gasteiger partial charge in [-0.2, -0.15) is 0 Å². The summed E-state index contributed by atoms with van der Waals surface area (Å²) >= 11 is 0. The van der Waals surface area contributed by atoms with Crippen LogP contribution in [0.15, 0.2) is 36.7 Å². The van der Waals surface area contributed by atoms with E-state index in [4.69, 9.17) is 4.74 Å². The molecule has 2 heterocycles. The SMILES string of the molecule is COc1ccc(CCNc2cc(C(=O)NC3CCS(=O)(=O)C3)ncn2)cc1. The highest BCUT2D eigenvalue weighted by Crippen LogP contribution is 2.13. The number of amides is 1. The zero-order chi connectivity index (χ0) is 19.3. The first-order valence-electron chi connectivity index (χ1n) is 8.65. The highest BCUT2D eigenvalue weighted by molar-refractivity contribution is 7.91. The molecule has 9 heteroatoms. The van der Waals surface area contributed by atoms with Crippen molar-refractivity contribution in [1.29, 1.82) is 0 Å². The van der Waals surface area contributed by atoms with Crippen molar-refractivity contribution < 1.29 is 17.9 Å². The first kappa shape index (κ1) is 19.1. The average molecular weight is 390 g/mol. The number of nitrogens with zero attached hydrogens (tertiary/aromatic N) is 2. The maximum Gasteiger partial charge on any atom is 0.270 e. The summed E-state index contributed by atoms with van der Waals surface area (Å²) in [6.45, 7) is 0.644. The van der Waals surface area contributed by atoms with Crippen LogP contribution in [0.3, 0.4) is 0 Å². The van der Waals surface area contributed by atoms with Gasteiger partial charge < -0.3 is 15.4 Å². The van der Waals surface area contributed by atoms with E-state index >= 15 is 0 Å². The lowest BCUT2D eigenvalue weighted by Gasteiger charge is -2.11. The van der Waals surface area contributed by atoms with Gasteiger partial charge in [0, 0.05) is 18.7 Å². The van der Waals surface area contributed by atoms with Crippen LogP contribution in [0, 0.1) is 0 Å². The third-order valence-electron chi connectivity index (χ3n) is 4.35. The topological polar surface area (TPSA) is 110 Å². The van der Waals surface area contributed by atoms with Crippen molar-refractivity contribution in [3.8, 4) is 5.75 Å². The van der Waals surface area contributed by atoms with Crippen molar-refractivity contribution in [2.24, 2.45) is 0 Å². The van der Waals surface area contributed by atoms with Crippen LogP contribution in [0.2, 0.25) is 0 Å². The lowest BCUT2D eigenvalue weighted by atomic mass is 10.1. The number of hydrogen-bond donors (Lipinski definition) is 2. The first-order chi connectivity index (χ1) is 12.9. The lowest BCUT2D eigenvalue weighted by Crippen LogP contribution is -2.36. The van der Waals surface area contributed by atoms with Crippen LogP contribution in [0.4, 0.5) is 5.82 Å². The fourth-order valence-electron chi connectivity index (χ4n) is 2.87. The second kappa shape index (κ2) is 8.34. The summed E-state index contributed by atoms with van der Waals surface area (Å²) in [7, 11) is -1.41. The molecule has 1 unspecified atom stereocenters. The number of sulfone groups is 1. The minimum Gasteiger partial charge on any atom is -0.497 e. The highest BCUT2D eigenvalue weighted by Gasteiger charge is 2.29. The lowest BCUT2D eigenvalue weighted by molar-refractivity contribution is 0.0936. The van der Waals surface area contributed by atoms with Crippen molar-refractivity contribution in [2.75, 3.05) is 30.5 Å². The molecule has 3 rings (SSSR count). The second-order valence-electron chi connectivity index (χ2n) is 6.39. The van der Waals surface area contributed by atoms with E-state index in [1.165, 1.54) is 6.33 Å². The molecule has 1 aliphatic heterocycles. The van der Waals surface area contributed by atoms with Gasteiger partial charge in [-0.1, -0.05) is 12.1 Å². The molecule has 1 fully saturated rings. The molecule has 0 radical (unpaired) electrons. The second-order valence-corrected chi connectivity index (χ2v) is 8.62. The normalized spacial score (nSPS) is 18.0. The molecule has 0 bridgehead atoms. The van der Waals surface area contributed by atoms with Crippen LogP contribution in [0.1, 0.15) is 22.5 Å². The van der Waals surface area contributed by atoms with Gasteiger partial charge in [0.1, 0.15) is 23.6 Å². The molecular formula is C18H22N4O4S. The van der Waals surface area contributed by atoms with E-state index in [-0.39, 0.29) is 23.2 Å². The number of ether oxygens (including phenoxy) is 1. The standard InChI is InChI=1S/C18H22N4O4S/c1-26-15-4-2-13(3-5-15)6-8-19-17-10-16(20-12-21-17)18(23)22-14-7-9-27(24,25)11-14/h2-5,10,12,14H,6-9,11H2,1H3,(H,22,23)(H,19,20,21). The molecule has 1 aromatic heterocycles. The molecule has 8 nitrogen and oxygen atoms in total. The number of benzene rings is 1. The quantitative estimate of drug-likeness (QED) is 0.727. The largest absolute Gasteiger partial charge is 0.497 e. The van der Waals surface area contributed by atoms with Gasteiger partial charge in [-0.25, -0.2) is 18.4 Å². The molecule has 1 saturated heterocycles. The Labute approximate surface area is 158 Å². The molecule has 1 amide bonds. The minimum atomic E-state index is -3.04. The molecule has 0 aliphatic carbocycles. The van der Waals surface area contributed by atoms with Gasteiger partial charge in [0.15, 0.2) is 9.84 Å². The zero-order valence-corrected chi connectivity index (χ0v) is 15.8. The Morgan fingerprint density at radius 1 is 1.26 bits per heavy atom. The van der Waals surface area contributed by atoms with Crippen molar-refractivity contribution >= 4 is 21.6 Å². The Morgan fingerprint density at radius 3 is 2.70 bits per heavy atom. The van der Waals surface area contributed by atoms with Crippen LogP contribution in [0.5, 0.6) is 5.75 Å². The molecule has 1 aromatic carbocycles. The smallest absolute Gasteiger partial charge is 0.270 e. The van der Waals surface area contributed by atoms with Crippen LogP contribution in [-0.2, 0) is 16.3 Å². The predicted molar refractivity (Wildman–Crippen MR) is 102 cm³/mol. The first-order valence-corrected chi connectivity index (χ1v) is 10.5. The van der Waals surface area contributed by atoms with Crippen LogP contribution in [0.25, 0.3) is 0 Å². The van der Waals surface area contributed by atoms with Gasteiger partial charge >= 0.3 is 0 Å². The molecule has 1 aliphatic rings. The summed E-state index contributed by atoms with van der Waals surface area (Å²) in [6.07, 6.45) is 2.54. The Morgan fingerprint density at radius 2 is 2.04 bits per heavy atom. The summed E-state index contributed by atoms with van der Waals surface area (Å²) in [5.74, 6) is 1.06. The fraction of sp³-hybridized carbons (Fsp3) is 0.389. The van der Waals surface area contributed by atoms with Crippen molar-refractivity contribution in [3.63, 3.8) is 0 Å². The van der Waals surface area contributed by atoms with E-state index in [0.29, 0.717) is 18.8 Å². The highest BCUT2D eigenvalue weighted by atomic mass is 32.2. The molecule has 0 spiro atoms. The monoisotopic (exact) mass is 390 g/mol. The van der Waals surface area contributed by atoms with Gasteiger partial charge in [0.05, 0.1) is 18.6 Å². The molecule has 1 atom stereocenters. The number of rotatable bonds is 7. The number of carbonyl (C=O) groups excluding carboxylic acids is 1. The summed E-state index contributed by atoms with van der Waals surface area (Å²) in [6, 6.07) is 9.01. The van der Waals surface area contributed by atoms with E-state index in [2.05, 4.69) is 20.6 Å². The van der Waals surface area contributed by atoms with Crippen molar-refractivity contribution in [3.05, 3.63) is 47.9 Å². The number of aromatic nitrogens is 2. The van der Waals surface area contributed by atoms with Crippen molar-refractivity contribution in [2.45, 2.75) is 18.9 Å². The summed E-state index contributed by atoms with van der Waals surface area (Å²) in [4.78, 5) is 20.4. The molecule has 0 saturated carbocycles. The van der Waals surface area contributed by atoms with E-state index in [1.807, 2.05) is 24.3 Å². The van der Waals surface area contributed by atoms with Gasteiger partial charge in [-0.3, -0.25) is 4.79 Å². The van der Waals surface area contributed by atoms with Gasteiger partial charge in [0.2, 0.25) is 0 Å². The molecular weight excluding hydrogens is 368 g/mol. The summed E-state index contributed by atoms with van der Waals surface area (Å²) in [5, 5.41) is 5.89. The maximum atomic E-state index is 12.3. The van der Waals surface area contributed by atoms with Crippen LogP contribution < -0.4 is 15.4 Å².